The lowest BCUT2D eigenvalue weighted by Gasteiger charge is -2.24. The molecule has 0 aliphatic carbocycles. The summed E-state index contributed by atoms with van der Waals surface area (Å²) in [5, 5.41) is 0. The van der Waals surface area contributed by atoms with Crippen LogP contribution < -0.4 is 0 Å². The number of rotatable bonds is 8. The Bertz CT molecular complexity index is 340. The Kier molecular flexibility index (Phi) is 7.26. The van der Waals surface area contributed by atoms with Gasteiger partial charge >= 0.3 is 17.9 Å². The topological polar surface area (TPSA) is 52.6 Å². The maximum atomic E-state index is 13.8. The average molecular weight is 278 g/mol. The summed E-state index contributed by atoms with van der Waals surface area (Å²) in [7, 11) is 0. The lowest BCUT2D eigenvalue weighted by Crippen LogP contribution is -2.45. The molecule has 0 N–H and O–H groups in total. The standard InChI is InChI=1S/C13H20F2O4/c1-5-7-8-18-12(17)13(14,15)10(6-2)19-11(16)9(3)4/h10H,3,5-8H2,1-2,4H3. The molecule has 0 spiro atoms. The summed E-state index contributed by atoms with van der Waals surface area (Å²) in [4.78, 5) is 22.5. The third-order valence-electron chi connectivity index (χ3n) is 2.38. The first-order valence-electron chi connectivity index (χ1n) is 6.18. The SMILES string of the molecule is C=C(C)C(=O)OC(CC)C(F)(F)C(=O)OCCCC. The average Bonchev–Trinajstić information content (AvgIpc) is 2.35. The van der Waals surface area contributed by atoms with Crippen LogP contribution in [0, 0.1) is 0 Å². The van der Waals surface area contributed by atoms with Crippen molar-refractivity contribution >= 4 is 11.9 Å². The van der Waals surface area contributed by atoms with E-state index in [1.165, 1.54) is 13.8 Å². The monoisotopic (exact) mass is 278 g/mol. The highest BCUT2D eigenvalue weighted by atomic mass is 19.3. The first-order valence-corrected chi connectivity index (χ1v) is 6.18. The van der Waals surface area contributed by atoms with E-state index in [1.54, 1.807) is 0 Å². The molecule has 0 aromatic carbocycles. The molecule has 0 saturated carbocycles. The van der Waals surface area contributed by atoms with Crippen LogP contribution in [0.2, 0.25) is 0 Å². The molecule has 0 rings (SSSR count). The number of halogens is 2. The highest BCUT2D eigenvalue weighted by molar-refractivity contribution is 5.87. The van der Waals surface area contributed by atoms with Crippen molar-refractivity contribution in [1.29, 1.82) is 0 Å². The van der Waals surface area contributed by atoms with Gasteiger partial charge in [-0.15, -0.1) is 0 Å². The molecular formula is C13H20F2O4. The fourth-order valence-electron chi connectivity index (χ4n) is 1.18. The summed E-state index contributed by atoms with van der Waals surface area (Å²) in [6.45, 7) is 7.80. The Morgan fingerprint density at radius 1 is 1.32 bits per heavy atom. The quantitative estimate of drug-likeness (QED) is 0.389. The van der Waals surface area contributed by atoms with Crippen molar-refractivity contribution < 1.29 is 27.8 Å². The molecule has 4 nitrogen and oxygen atoms in total. The molecule has 110 valence electrons. The van der Waals surface area contributed by atoms with Gasteiger partial charge in [0.2, 0.25) is 0 Å². The zero-order valence-electron chi connectivity index (χ0n) is 11.5. The molecule has 0 radical (unpaired) electrons. The van der Waals surface area contributed by atoms with Gasteiger partial charge in [0.15, 0.2) is 6.10 Å². The Hall–Kier alpha value is -1.46. The fraction of sp³-hybridized carbons (Fsp3) is 0.692. The molecule has 6 heteroatoms. The molecule has 0 bridgehead atoms. The van der Waals surface area contributed by atoms with Gasteiger partial charge < -0.3 is 9.47 Å². The van der Waals surface area contributed by atoms with Gasteiger partial charge in [0.1, 0.15) is 0 Å². The van der Waals surface area contributed by atoms with Gasteiger partial charge in [-0.1, -0.05) is 26.8 Å². The van der Waals surface area contributed by atoms with Crippen LogP contribution >= 0.6 is 0 Å². The van der Waals surface area contributed by atoms with Crippen molar-refractivity contribution in [1.82, 2.24) is 0 Å². The smallest absolute Gasteiger partial charge is 0.381 e. The van der Waals surface area contributed by atoms with Crippen molar-refractivity contribution in [3.63, 3.8) is 0 Å². The van der Waals surface area contributed by atoms with Gasteiger partial charge in [0.25, 0.3) is 0 Å². The van der Waals surface area contributed by atoms with E-state index < -0.39 is 24.0 Å². The second-order valence-electron chi connectivity index (χ2n) is 4.19. The van der Waals surface area contributed by atoms with Gasteiger partial charge in [0.05, 0.1) is 6.61 Å². The number of hydrogen-bond acceptors (Lipinski definition) is 4. The third kappa shape index (κ3) is 5.36. The van der Waals surface area contributed by atoms with Gasteiger partial charge in [0, 0.05) is 5.57 Å². The van der Waals surface area contributed by atoms with E-state index in [4.69, 9.17) is 0 Å². The van der Waals surface area contributed by atoms with Crippen molar-refractivity contribution in [3.05, 3.63) is 12.2 Å². The Morgan fingerprint density at radius 2 is 1.89 bits per heavy atom. The second kappa shape index (κ2) is 7.86. The second-order valence-corrected chi connectivity index (χ2v) is 4.19. The number of carbonyl (C=O) groups excluding carboxylic acids is 2. The highest BCUT2D eigenvalue weighted by Gasteiger charge is 2.50. The third-order valence-corrected chi connectivity index (χ3v) is 2.38. The molecule has 0 amide bonds. The van der Waals surface area contributed by atoms with Gasteiger partial charge in [-0.05, 0) is 19.8 Å². The summed E-state index contributed by atoms with van der Waals surface area (Å²) >= 11 is 0. The van der Waals surface area contributed by atoms with Crippen molar-refractivity contribution in [2.45, 2.75) is 52.1 Å². The predicted octanol–water partition coefficient (Wildman–Crippen LogP) is 2.86. The molecule has 0 saturated heterocycles. The summed E-state index contributed by atoms with van der Waals surface area (Å²) in [6.07, 6.45) is -0.814. The van der Waals surface area contributed by atoms with E-state index in [0.717, 1.165) is 6.42 Å². The van der Waals surface area contributed by atoms with Crippen molar-refractivity contribution in [2.75, 3.05) is 6.61 Å². The van der Waals surface area contributed by atoms with E-state index in [2.05, 4.69) is 16.1 Å². The van der Waals surface area contributed by atoms with Crippen LogP contribution in [-0.2, 0) is 19.1 Å². The summed E-state index contributed by atoms with van der Waals surface area (Å²) in [5.41, 5.74) is -0.00593. The normalized spacial score (nSPS) is 12.7. The lowest BCUT2D eigenvalue weighted by atomic mass is 10.1. The van der Waals surface area contributed by atoms with Crippen LogP contribution in [0.4, 0.5) is 8.78 Å². The number of unbranched alkanes of at least 4 members (excludes halogenated alkanes) is 1. The molecule has 1 atom stereocenters. The van der Waals surface area contributed by atoms with E-state index >= 15 is 0 Å². The number of carbonyl (C=O) groups is 2. The van der Waals surface area contributed by atoms with E-state index in [-0.39, 0.29) is 18.6 Å². The summed E-state index contributed by atoms with van der Waals surface area (Å²) < 4.78 is 36.5. The minimum absolute atomic E-state index is 0.00593. The summed E-state index contributed by atoms with van der Waals surface area (Å²) in [5.74, 6) is -6.47. The molecule has 0 aliphatic rings. The predicted molar refractivity (Wildman–Crippen MR) is 65.8 cm³/mol. The number of ether oxygens (including phenoxy) is 2. The van der Waals surface area contributed by atoms with E-state index in [1.807, 2.05) is 6.92 Å². The van der Waals surface area contributed by atoms with Crippen LogP contribution in [0.15, 0.2) is 12.2 Å². The molecule has 0 aromatic rings. The van der Waals surface area contributed by atoms with Gasteiger partial charge in [-0.2, -0.15) is 8.78 Å². The van der Waals surface area contributed by atoms with E-state index in [0.29, 0.717) is 6.42 Å². The maximum absolute atomic E-state index is 13.8. The molecule has 0 fully saturated rings. The van der Waals surface area contributed by atoms with E-state index in [9.17, 15) is 18.4 Å². The van der Waals surface area contributed by atoms with Crippen LogP contribution in [0.25, 0.3) is 0 Å². The van der Waals surface area contributed by atoms with Gasteiger partial charge in [-0.3, -0.25) is 0 Å². The maximum Gasteiger partial charge on any atom is 0.381 e. The van der Waals surface area contributed by atoms with Gasteiger partial charge in [-0.25, -0.2) is 9.59 Å². The Morgan fingerprint density at radius 3 is 2.32 bits per heavy atom. The van der Waals surface area contributed by atoms with Crippen LogP contribution in [0.5, 0.6) is 0 Å². The molecule has 0 heterocycles. The van der Waals surface area contributed by atoms with Crippen molar-refractivity contribution in [2.24, 2.45) is 0 Å². The largest absolute Gasteiger partial charge is 0.461 e. The van der Waals surface area contributed by atoms with Crippen LogP contribution in [0.3, 0.4) is 0 Å². The molecular weight excluding hydrogens is 258 g/mol. The Balaban J connectivity index is 4.67. The molecule has 19 heavy (non-hydrogen) atoms. The van der Waals surface area contributed by atoms with Crippen LogP contribution in [-0.4, -0.2) is 30.6 Å². The van der Waals surface area contributed by atoms with Crippen molar-refractivity contribution in [3.8, 4) is 0 Å². The number of esters is 2. The lowest BCUT2D eigenvalue weighted by molar-refractivity contribution is -0.197. The van der Waals surface area contributed by atoms with Crippen LogP contribution in [0.1, 0.15) is 40.0 Å². The molecule has 0 aliphatic heterocycles. The fourth-order valence-corrected chi connectivity index (χ4v) is 1.18. The zero-order chi connectivity index (χ0) is 15.1. The first kappa shape index (κ1) is 17.5. The first-order chi connectivity index (χ1) is 8.77. The molecule has 0 aromatic heterocycles. The zero-order valence-corrected chi connectivity index (χ0v) is 11.5. The number of alkyl halides is 2. The Labute approximate surface area is 111 Å². The highest BCUT2D eigenvalue weighted by Crippen LogP contribution is 2.26. The number of hydrogen-bond donors (Lipinski definition) is 0. The summed E-state index contributed by atoms with van der Waals surface area (Å²) in [6, 6.07) is 0. The minimum atomic E-state index is -3.85. The minimum Gasteiger partial charge on any atom is -0.461 e. The molecule has 1 unspecified atom stereocenters.